The summed E-state index contributed by atoms with van der Waals surface area (Å²) in [5, 5.41) is 7.71. The highest BCUT2D eigenvalue weighted by atomic mass is 19.4. The number of ether oxygens (including phenoxy) is 2. The Labute approximate surface area is 353 Å². The van der Waals surface area contributed by atoms with Gasteiger partial charge in [-0.1, -0.05) is 27.2 Å². The monoisotopic (exact) mass is 898 g/mol. The Morgan fingerprint density at radius 3 is 1.65 bits per heavy atom. The second-order valence-electron chi connectivity index (χ2n) is 15.6. The summed E-state index contributed by atoms with van der Waals surface area (Å²) in [6.45, 7) is 6.87. The number of pyridine rings is 4. The highest BCUT2D eigenvalue weighted by molar-refractivity contribution is 5.90. The molecule has 12 nitrogen and oxygen atoms in total. The summed E-state index contributed by atoms with van der Waals surface area (Å²) in [4.78, 5) is 41.8. The normalized spacial score (nSPS) is 21.6. The number of piperazine rings is 1. The van der Waals surface area contributed by atoms with Gasteiger partial charge in [0.2, 0.25) is 0 Å². The first-order chi connectivity index (χ1) is 29.7. The maximum absolute atomic E-state index is 13.8. The van der Waals surface area contributed by atoms with Gasteiger partial charge in [0.1, 0.15) is 17.5 Å². The van der Waals surface area contributed by atoms with Crippen molar-refractivity contribution in [2.45, 2.75) is 108 Å². The van der Waals surface area contributed by atoms with Crippen LogP contribution in [0, 0.1) is 0 Å². The minimum Gasteiger partial charge on any atom is -0.435 e. The van der Waals surface area contributed by atoms with Crippen molar-refractivity contribution in [3.8, 4) is 22.5 Å². The number of aromatic nitrogens is 4. The van der Waals surface area contributed by atoms with Crippen LogP contribution in [0.1, 0.15) is 93.0 Å². The number of carbonyl (C=O) groups is 2. The minimum absolute atomic E-state index is 0.000345. The lowest BCUT2D eigenvalue weighted by molar-refractivity contribution is -0.138. The molecule has 0 saturated carbocycles. The highest BCUT2D eigenvalue weighted by Crippen LogP contribution is 2.45. The Balaban J connectivity index is 0.000000189. The third-order valence-corrected chi connectivity index (χ3v) is 11.6. The molecule has 2 fully saturated rings. The van der Waals surface area contributed by atoms with Crippen molar-refractivity contribution in [3.05, 3.63) is 76.7 Å². The van der Waals surface area contributed by atoms with Gasteiger partial charge in [-0.25, -0.2) is 42.1 Å². The van der Waals surface area contributed by atoms with E-state index in [4.69, 9.17) is 9.47 Å². The Kier molecular flexibility index (Phi) is 12.5. The number of amides is 2. The molecule has 22 heteroatoms. The van der Waals surface area contributed by atoms with Crippen LogP contribution in [0.2, 0.25) is 0 Å². The lowest BCUT2D eigenvalue weighted by atomic mass is 9.79. The van der Waals surface area contributed by atoms with Crippen LogP contribution < -0.4 is 20.9 Å². The van der Waals surface area contributed by atoms with Gasteiger partial charge in [-0.2, -0.15) is 26.3 Å². The van der Waals surface area contributed by atoms with E-state index in [1.165, 1.54) is 24.5 Å². The molecule has 2 bridgehead atoms. The maximum Gasteiger partial charge on any atom is 0.416 e. The molecule has 2 saturated heterocycles. The highest BCUT2D eigenvalue weighted by Gasteiger charge is 2.42. The summed E-state index contributed by atoms with van der Waals surface area (Å²) < 4.78 is 146. The number of rotatable bonds is 9. The third-order valence-electron chi connectivity index (χ3n) is 11.6. The molecule has 8 rings (SSSR count). The second kappa shape index (κ2) is 17.4. The molecule has 4 aliphatic rings. The van der Waals surface area contributed by atoms with E-state index in [9.17, 15) is 53.5 Å². The van der Waals surface area contributed by atoms with E-state index in [1.54, 1.807) is 0 Å². The molecule has 4 aliphatic heterocycles. The average molecular weight is 899 g/mol. The molecule has 3 N–H and O–H groups in total. The number of fused-ring (bicyclic) bond motifs is 4. The molecule has 5 unspecified atom stereocenters. The van der Waals surface area contributed by atoms with Crippen molar-refractivity contribution >= 4 is 29.6 Å². The minimum atomic E-state index is -4.67. The summed E-state index contributed by atoms with van der Waals surface area (Å²) in [6, 6.07) is 6.25. The second-order valence-corrected chi connectivity index (χ2v) is 15.6. The first kappa shape index (κ1) is 45.2. The van der Waals surface area contributed by atoms with E-state index in [2.05, 4.69) is 35.9 Å². The summed E-state index contributed by atoms with van der Waals surface area (Å²) in [6.07, 6.45) is -15.7. The van der Waals surface area contributed by atoms with Crippen LogP contribution in [0.3, 0.4) is 0 Å². The summed E-state index contributed by atoms with van der Waals surface area (Å²) >= 11 is 0. The zero-order valence-corrected chi connectivity index (χ0v) is 33.7. The van der Waals surface area contributed by atoms with Crippen LogP contribution in [0.5, 0.6) is 0 Å². The lowest BCUT2D eigenvalue weighted by Gasteiger charge is -2.37. The van der Waals surface area contributed by atoms with Crippen molar-refractivity contribution in [1.29, 1.82) is 0 Å². The van der Waals surface area contributed by atoms with Crippen molar-refractivity contribution in [3.63, 3.8) is 0 Å². The first-order valence-electron chi connectivity index (χ1n) is 19.9. The zero-order valence-electron chi connectivity index (χ0n) is 33.7. The van der Waals surface area contributed by atoms with E-state index in [1.807, 2.05) is 25.7 Å². The number of nitrogens with one attached hydrogen (secondary N) is 3. The third kappa shape index (κ3) is 9.17. The molecule has 2 amide bonds. The lowest BCUT2D eigenvalue weighted by Crippen LogP contribution is -2.52. The molecule has 0 spiro atoms. The Bertz CT molecular complexity index is 2350. The standard InChI is InChI=1S/C21H22F5N3O2.C20H18F5N5O2/c1-4-7-20(3,5-2)14-10-11(21(24,25)26)9-13(28-14)12-6-8-27-18-15(12)16(17(22)23)31-19(30)29-18;21-17(22)16-15-12(3-4-27-18(15)29-19(31)32-16)13-5-9(20(23,24)25)6-14(28-13)30-10-1-2-11(30)8-26-7-10/h6,8-10,16-17H,4-5,7H2,1-3H3,(H,27,29,30);3-6,10-11,16-17,26H,1-2,7-8H2,(H,27,29,31). The molecule has 8 heterocycles. The molecule has 4 aromatic rings. The molecule has 338 valence electrons. The topological polar surface area (TPSA) is 143 Å². The van der Waals surface area contributed by atoms with E-state index >= 15 is 0 Å². The van der Waals surface area contributed by atoms with Gasteiger partial charge in [0.05, 0.1) is 33.6 Å². The van der Waals surface area contributed by atoms with E-state index in [0.29, 0.717) is 25.9 Å². The number of anilines is 3. The molecular weight excluding hydrogens is 858 g/mol. The van der Waals surface area contributed by atoms with Gasteiger partial charge < -0.3 is 19.7 Å². The van der Waals surface area contributed by atoms with Gasteiger partial charge in [0, 0.05) is 59.8 Å². The van der Waals surface area contributed by atoms with E-state index in [-0.39, 0.29) is 68.9 Å². The predicted molar refractivity (Wildman–Crippen MR) is 207 cm³/mol. The van der Waals surface area contributed by atoms with Gasteiger partial charge in [0.15, 0.2) is 12.2 Å². The van der Waals surface area contributed by atoms with Gasteiger partial charge in [-0.05, 0) is 62.1 Å². The summed E-state index contributed by atoms with van der Waals surface area (Å²) in [7, 11) is 0. The summed E-state index contributed by atoms with van der Waals surface area (Å²) in [5.74, 6) is -0.234. The number of cyclic esters (lactones) is 2. The largest absolute Gasteiger partial charge is 0.435 e. The number of hydrogen-bond donors (Lipinski definition) is 3. The predicted octanol–water partition coefficient (Wildman–Crippen LogP) is 10.5. The molecule has 0 aromatic carbocycles. The molecule has 63 heavy (non-hydrogen) atoms. The number of halogens is 10. The van der Waals surface area contributed by atoms with Crippen LogP contribution in [0.4, 0.5) is 70.9 Å². The zero-order chi connectivity index (χ0) is 45.6. The Hall–Kier alpha value is -5.80. The van der Waals surface area contributed by atoms with Crippen LogP contribution in [0.25, 0.3) is 22.5 Å². The molecule has 0 aliphatic carbocycles. The van der Waals surface area contributed by atoms with Crippen LogP contribution in [-0.2, 0) is 27.2 Å². The smallest absolute Gasteiger partial charge is 0.416 e. The van der Waals surface area contributed by atoms with Crippen molar-refractivity contribution < 1.29 is 63.0 Å². The SMILES string of the molecule is CCCC(C)(CC)c1cc(C(F)(F)F)cc(-c2ccnc3c2C(C(F)F)OC(=O)N3)n1.O=C1Nc2nccc(-c3cc(C(F)(F)F)cc(N4C5CCC4CNC5)n3)c2C(C(F)F)O1. The number of nitrogens with zero attached hydrogens (tertiary/aromatic N) is 5. The fourth-order valence-electron chi connectivity index (χ4n) is 8.41. The quantitative estimate of drug-likeness (QED) is 0.139. The Morgan fingerprint density at radius 2 is 1.21 bits per heavy atom. The first-order valence-corrected chi connectivity index (χ1v) is 19.9. The van der Waals surface area contributed by atoms with Crippen LogP contribution in [0.15, 0.2) is 48.8 Å². The van der Waals surface area contributed by atoms with Crippen molar-refractivity contribution in [2.75, 3.05) is 28.6 Å². The molecular formula is C41H40F10N8O4. The molecule has 5 atom stereocenters. The molecule has 0 radical (unpaired) electrons. The fraction of sp³-hybridized carbons (Fsp3) is 0.463. The van der Waals surface area contributed by atoms with Gasteiger partial charge in [-0.3, -0.25) is 15.6 Å². The van der Waals surface area contributed by atoms with Gasteiger partial charge in [-0.15, -0.1) is 0 Å². The number of hydrogen-bond acceptors (Lipinski definition) is 10. The number of alkyl halides is 10. The Morgan fingerprint density at radius 1 is 0.730 bits per heavy atom. The fourth-order valence-corrected chi connectivity index (χ4v) is 8.41. The average Bonchev–Trinajstić information content (AvgIpc) is 3.48. The van der Waals surface area contributed by atoms with Crippen LogP contribution in [-0.4, -0.2) is 70.1 Å². The van der Waals surface area contributed by atoms with E-state index in [0.717, 1.165) is 43.5 Å². The van der Waals surface area contributed by atoms with Gasteiger partial charge in [0.25, 0.3) is 12.9 Å². The van der Waals surface area contributed by atoms with Gasteiger partial charge >= 0.3 is 24.5 Å². The maximum atomic E-state index is 13.8. The van der Waals surface area contributed by atoms with E-state index < -0.39 is 66.1 Å². The number of carbonyl (C=O) groups excluding carboxylic acids is 2. The van der Waals surface area contributed by atoms with Crippen LogP contribution >= 0.6 is 0 Å². The molecule has 4 aromatic heterocycles. The summed E-state index contributed by atoms with van der Waals surface area (Å²) in [5.41, 5.74) is -2.97. The van der Waals surface area contributed by atoms with Crippen molar-refractivity contribution in [2.24, 2.45) is 0 Å². The van der Waals surface area contributed by atoms with Crippen molar-refractivity contribution in [1.82, 2.24) is 25.3 Å².